The Morgan fingerprint density at radius 2 is 1.88 bits per heavy atom. The Hall–Kier alpha value is -0.420. The quantitative estimate of drug-likeness (QED) is 0.398. The van der Waals surface area contributed by atoms with Gasteiger partial charge in [-0.15, -0.1) is 0 Å². The van der Waals surface area contributed by atoms with Crippen LogP contribution in [0.15, 0.2) is 4.99 Å². The Labute approximate surface area is 153 Å². The van der Waals surface area contributed by atoms with E-state index in [9.17, 15) is 0 Å². The minimum atomic E-state index is 0.589. The highest BCUT2D eigenvalue weighted by Gasteiger charge is 2.23. The summed E-state index contributed by atoms with van der Waals surface area (Å²) in [7, 11) is 0. The van der Waals surface area contributed by atoms with Gasteiger partial charge in [0.15, 0.2) is 5.96 Å². The number of nitrogens with one attached hydrogen (secondary N) is 2. The van der Waals surface area contributed by atoms with Crippen LogP contribution in [0.25, 0.3) is 0 Å². The van der Waals surface area contributed by atoms with Crippen molar-refractivity contribution >= 4 is 17.7 Å². The third-order valence-electron chi connectivity index (χ3n) is 5.29. The van der Waals surface area contributed by atoms with E-state index in [0.29, 0.717) is 6.04 Å². The number of rotatable bonds is 8. The van der Waals surface area contributed by atoms with E-state index in [2.05, 4.69) is 28.7 Å². The van der Waals surface area contributed by atoms with E-state index in [1.165, 1.54) is 70.3 Å². The molecular weight excluding hydrogens is 316 g/mol. The highest BCUT2D eigenvalue weighted by atomic mass is 32.2. The molecule has 2 N–H and O–H groups in total. The van der Waals surface area contributed by atoms with Crippen molar-refractivity contribution < 1.29 is 0 Å². The fraction of sp³-hybridized carbons (Fsp3) is 0.947. The smallest absolute Gasteiger partial charge is 0.191 e. The first-order valence-electron chi connectivity index (χ1n) is 10.1. The first-order chi connectivity index (χ1) is 11.8. The molecule has 2 rings (SSSR count). The first kappa shape index (κ1) is 19.9. The topological polar surface area (TPSA) is 39.7 Å². The Morgan fingerprint density at radius 1 is 1.12 bits per heavy atom. The normalized spacial score (nSPS) is 21.8. The maximum Gasteiger partial charge on any atom is 0.191 e. The molecule has 0 aromatic rings. The van der Waals surface area contributed by atoms with Crippen LogP contribution in [0.1, 0.15) is 58.3 Å². The second-order valence-corrected chi connectivity index (χ2v) is 8.32. The summed E-state index contributed by atoms with van der Waals surface area (Å²) in [5.41, 5.74) is 0. The molecule has 1 saturated heterocycles. The van der Waals surface area contributed by atoms with Crippen molar-refractivity contribution in [1.82, 2.24) is 15.5 Å². The van der Waals surface area contributed by atoms with Crippen molar-refractivity contribution in [2.75, 3.05) is 44.7 Å². The zero-order valence-electron chi connectivity index (χ0n) is 15.9. The first-order valence-corrected chi connectivity index (χ1v) is 11.5. The van der Waals surface area contributed by atoms with Gasteiger partial charge in [0.1, 0.15) is 0 Å². The van der Waals surface area contributed by atoms with E-state index >= 15 is 0 Å². The van der Waals surface area contributed by atoms with Crippen LogP contribution in [0.2, 0.25) is 0 Å². The summed E-state index contributed by atoms with van der Waals surface area (Å²) >= 11 is 1.90. The predicted molar refractivity (Wildman–Crippen MR) is 108 cm³/mol. The molecule has 0 spiro atoms. The van der Waals surface area contributed by atoms with Gasteiger partial charge in [-0.3, -0.25) is 4.99 Å². The zero-order valence-corrected chi connectivity index (χ0v) is 16.7. The molecule has 0 unspecified atom stereocenters. The summed E-state index contributed by atoms with van der Waals surface area (Å²) in [6.45, 7) is 7.85. The molecule has 0 atom stereocenters. The van der Waals surface area contributed by atoms with Crippen LogP contribution in [0.4, 0.5) is 0 Å². The molecule has 0 bridgehead atoms. The van der Waals surface area contributed by atoms with Gasteiger partial charge in [0.2, 0.25) is 0 Å². The number of guanidine groups is 1. The number of piperidine rings is 1. The number of hydrogen-bond donors (Lipinski definition) is 2. The molecule has 1 aliphatic heterocycles. The SMILES string of the molecule is CCNC(=NCCCSC)NC1CCN(CC2CCCCC2)CC1. The van der Waals surface area contributed by atoms with Gasteiger partial charge in [-0.1, -0.05) is 19.3 Å². The van der Waals surface area contributed by atoms with Crippen molar-refractivity contribution in [2.24, 2.45) is 10.9 Å². The molecule has 1 aliphatic carbocycles. The van der Waals surface area contributed by atoms with E-state index in [-0.39, 0.29) is 0 Å². The summed E-state index contributed by atoms with van der Waals surface area (Å²) in [6, 6.07) is 0.589. The molecule has 2 fully saturated rings. The number of hydrogen-bond acceptors (Lipinski definition) is 3. The molecule has 24 heavy (non-hydrogen) atoms. The van der Waals surface area contributed by atoms with Crippen LogP contribution < -0.4 is 10.6 Å². The van der Waals surface area contributed by atoms with Crippen molar-refractivity contribution in [1.29, 1.82) is 0 Å². The Balaban J connectivity index is 1.67. The molecule has 5 heteroatoms. The molecule has 1 saturated carbocycles. The van der Waals surface area contributed by atoms with Crippen molar-refractivity contribution in [3.8, 4) is 0 Å². The minimum absolute atomic E-state index is 0.589. The molecule has 140 valence electrons. The average molecular weight is 355 g/mol. The maximum absolute atomic E-state index is 4.73. The number of aliphatic imine (C=N–C) groups is 1. The van der Waals surface area contributed by atoms with E-state index in [1.807, 2.05) is 11.8 Å². The summed E-state index contributed by atoms with van der Waals surface area (Å²) in [4.78, 5) is 7.43. The lowest BCUT2D eigenvalue weighted by molar-refractivity contribution is 0.160. The second-order valence-electron chi connectivity index (χ2n) is 7.33. The molecule has 0 radical (unpaired) electrons. The number of thioether (sulfide) groups is 1. The maximum atomic E-state index is 4.73. The number of nitrogens with zero attached hydrogens (tertiary/aromatic N) is 2. The van der Waals surface area contributed by atoms with E-state index < -0.39 is 0 Å². The van der Waals surface area contributed by atoms with Crippen molar-refractivity contribution in [3.63, 3.8) is 0 Å². The van der Waals surface area contributed by atoms with Crippen LogP contribution >= 0.6 is 11.8 Å². The molecule has 2 aliphatic rings. The summed E-state index contributed by atoms with van der Waals surface area (Å²) < 4.78 is 0. The largest absolute Gasteiger partial charge is 0.357 e. The third kappa shape index (κ3) is 7.64. The van der Waals surface area contributed by atoms with Crippen molar-refractivity contribution in [3.05, 3.63) is 0 Å². The van der Waals surface area contributed by atoms with E-state index in [1.54, 1.807) is 0 Å². The fourth-order valence-electron chi connectivity index (χ4n) is 3.91. The fourth-order valence-corrected chi connectivity index (χ4v) is 4.33. The lowest BCUT2D eigenvalue weighted by Gasteiger charge is -2.36. The summed E-state index contributed by atoms with van der Waals surface area (Å²) in [5.74, 6) is 3.19. The van der Waals surface area contributed by atoms with Crippen LogP contribution in [0.5, 0.6) is 0 Å². The van der Waals surface area contributed by atoms with Gasteiger partial charge in [0.05, 0.1) is 0 Å². The summed E-state index contributed by atoms with van der Waals surface area (Å²) in [5, 5.41) is 7.07. The van der Waals surface area contributed by atoms with Crippen LogP contribution in [0.3, 0.4) is 0 Å². The van der Waals surface area contributed by atoms with Gasteiger partial charge in [-0.25, -0.2) is 0 Å². The van der Waals surface area contributed by atoms with Crippen LogP contribution in [0, 0.1) is 5.92 Å². The number of likely N-dealkylation sites (tertiary alicyclic amines) is 1. The van der Waals surface area contributed by atoms with Gasteiger partial charge in [0.25, 0.3) is 0 Å². The van der Waals surface area contributed by atoms with Crippen LogP contribution in [-0.2, 0) is 0 Å². The average Bonchev–Trinajstić information content (AvgIpc) is 2.61. The molecular formula is C19H38N4S. The van der Waals surface area contributed by atoms with Gasteiger partial charge in [0, 0.05) is 38.8 Å². The Morgan fingerprint density at radius 3 is 2.54 bits per heavy atom. The van der Waals surface area contributed by atoms with Gasteiger partial charge in [-0.05, 0) is 57.0 Å². The zero-order chi connectivity index (χ0) is 17.0. The standard InChI is InChI=1S/C19H38N4S/c1-3-20-19(21-12-7-15-24-2)22-18-10-13-23(14-11-18)16-17-8-5-4-6-9-17/h17-18H,3-16H2,1-2H3,(H2,20,21,22). The van der Waals surface area contributed by atoms with Gasteiger partial charge < -0.3 is 15.5 Å². The van der Waals surface area contributed by atoms with E-state index in [4.69, 9.17) is 4.99 Å². The molecule has 4 nitrogen and oxygen atoms in total. The van der Waals surface area contributed by atoms with Crippen molar-refractivity contribution in [2.45, 2.75) is 64.3 Å². The lowest BCUT2D eigenvalue weighted by atomic mass is 9.88. The Kier molecular flexibility index (Phi) is 9.96. The second kappa shape index (κ2) is 12.0. The van der Waals surface area contributed by atoms with Gasteiger partial charge >= 0.3 is 0 Å². The molecule has 1 heterocycles. The Bertz CT molecular complexity index is 347. The lowest BCUT2D eigenvalue weighted by Crippen LogP contribution is -2.49. The predicted octanol–water partition coefficient (Wildman–Crippen LogP) is 3.34. The van der Waals surface area contributed by atoms with E-state index in [0.717, 1.165) is 31.4 Å². The highest BCUT2D eigenvalue weighted by molar-refractivity contribution is 7.98. The van der Waals surface area contributed by atoms with Gasteiger partial charge in [-0.2, -0.15) is 11.8 Å². The molecule has 0 aromatic carbocycles. The van der Waals surface area contributed by atoms with Crippen LogP contribution in [-0.4, -0.2) is 61.6 Å². The highest BCUT2D eigenvalue weighted by Crippen LogP contribution is 2.25. The summed E-state index contributed by atoms with van der Waals surface area (Å²) in [6.07, 6.45) is 13.1. The minimum Gasteiger partial charge on any atom is -0.357 e. The monoisotopic (exact) mass is 354 g/mol. The third-order valence-corrected chi connectivity index (χ3v) is 5.99. The molecule has 0 amide bonds. The molecule has 0 aromatic heterocycles.